The van der Waals surface area contributed by atoms with E-state index >= 15 is 0 Å². The molecular formula is C21H27ClN2O2. The molecule has 0 N–H and O–H groups in total. The Kier molecular flexibility index (Phi) is 4.96. The monoisotopic (exact) mass is 374 g/mol. The van der Waals surface area contributed by atoms with Crippen molar-refractivity contribution in [3.63, 3.8) is 0 Å². The third-order valence-corrected chi connectivity index (χ3v) is 6.73. The van der Waals surface area contributed by atoms with Crippen LogP contribution in [0.3, 0.4) is 0 Å². The summed E-state index contributed by atoms with van der Waals surface area (Å²) in [6, 6.07) is 7.52. The number of hydrogen-bond donors (Lipinski definition) is 0. The number of amides is 2. The molecule has 2 amide bonds. The zero-order valence-corrected chi connectivity index (χ0v) is 16.0. The summed E-state index contributed by atoms with van der Waals surface area (Å²) in [6.07, 6.45) is 8.82. The summed E-state index contributed by atoms with van der Waals surface area (Å²) in [7, 11) is 0. The molecule has 1 aliphatic carbocycles. The fourth-order valence-corrected chi connectivity index (χ4v) is 5.26. The van der Waals surface area contributed by atoms with Gasteiger partial charge in [0.25, 0.3) is 5.91 Å². The third-order valence-electron chi connectivity index (χ3n) is 6.50. The number of carbonyl (C=O) groups excluding carboxylic acids is 2. The van der Waals surface area contributed by atoms with Crippen LogP contribution in [0.5, 0.6) is 0 Å². The molecule has 0 aromatic heterocycles. The number of hydrogen-bond acceptors (Lipinski definition) is 2. The number of rotatable bonds is 2. The van der Waals surface area contributed by atoms with Crippen LogP contribution in [0.25, 0.3) is 0 Å². The molecule has 3 fully saturated rings. The molecule has 2 heterocycles. The second kappa shape index (κ2) is 7.22. The van der Waals surface area contributed by atoms with Crippen LogP contribution in [0, 0.1) is 5.41 Å². The maximum atomic E-state index is 13.4. The Morgan fingerprint density at radius 3 is 2.65 bits per heavy atom. The SMILES string of the molecule is O=C(c1cccc(Cl)c1)N1CC[C@@]2(CCCN(C3CCCCC3)C2=O)C1. The van der Waals surface area contributed by atoms with Crippen molar-refractivity contribution in [1.29, 1.82) is 0 Å². The van der Waals surface area contributed by atoms with Gasteiger partial charge >= 0.3 is 0 Å². The van der Waals surface area contributed by atoms with Crippen LogP contribution in [0.4, 0.5) is 0 Å². The normalized spacial score (nSPS) is 27.3. The fraction of sp³-hybridized carbons (Fsp3) is 0.619. The summed E-state index contributed by atoms with van der Waals surface area (Å²) in [5.74, 6) is 0.295. The van der Waals surface area contributed by atoms with Gasteiger partial charge in [0.15, 0.2) is 0 Å². The second-order valence-corrected chi connectivity index (χ2v) is 8.60. The number of nitrogens with zero attached hydrogens (tertiary/aromatic N) is 2. The Bertz CT molecular complexity index is 701. The summed E-state index contributed by atoms with van der Waals surface area (Å²) in [6.45, 7) is 2.11. The van der Waals surface area contributed by atoms with Crippen LogP contribution in [-0.4, -0.2) is 47.3 Å². The van der Waals surface area contributed by atoms with Crippen molar-refractivity contribution >= 4 is 23.4 Å². The molecule has 0 radical (unpaired) electrons. The quantitative estimate of drug-likeness (QED) is 0.781. The molecule has 26 heavy (non-hydrogen) atoms. The lowest BCUT2D eigenvalue weighted by molar-refractivity contribution is -0.149. The predicted molar refractivity (Wildman–Crippen MR) is 102 cm³/mol. The van der Waals surface area contributed by atoms with Gasteiger partial charge in [0.05, 0.1) is 5.41 Å². The Hall–Kier alpha value is -1.55. The predicted octanol–water partition coefficient (Wildman–Crippen LogP) is 4.13. The molecule has 1 aromatic rings. The number of piperidine rings is 1. The molecule has 1 spiro atoms. The molecule has 140 valence electrons. The summed E-state index contributed by atoms with van der Waals surface area (Å²) in [5, 5.41) is 0.571. The van der Waals surface area contributed by atoms with E-state index in [1.165, 1.54) is 19.3 Å². The first-order chi connectivity index (χ1) is 12.6. The number of halogens is 1. The Labute approximate surface area is 160 Å². The van der Waals surface area contributed by atoms with Gasteiger partial charge in [0.1, 0.15) is 0 Å². The molecule has 1 saturated carbocycles. The van der Waals surface area contributed by atoms with E-state index < -0.39 is 0 Å². The van der Waals surface area contributed by atoms with Crippen LogP contribution in [0.15, 0.2) is 24.3 Å². The van der Waals surface area contributed by atoms with Crippen LogP contribution in [-0.2, 0) is 4.79 Å². The van der Waals surface area contributed by atoms with E-state index in [0.29, 0.717) is 35.6 Å². The van der Waals surface area contributed by atoms with Gasteiger partial charge in [-0.05, 0) is 50.3 Å². The van der Waals surface area contributed by atoms with Gasteiger partial charge in [-0.1, -0.05) is 36.9 Å². The molecule has 4 rings (SSSR count). The zero-order chi connectivity index (χ0) is 18.1. The lowest BCUT2D eigenvalue weighted by Crippen LogP contribution is -2.54. The van der Waals surface area contributed by atoms with Gasteiger partial charge in [-0.25, -0.2) is 0 Å². The van der Waals surface area contributed by atoms with Crippen molar-refractivity contribution in [2.75, 3.05) is 19.6 Å². The topological polar surface area (TPSA) is 40.6 Å². The van der Waals surface area contributed by atoms with Crippen molar-refractivity contribution in [2.45, 2.75) is 57.4 Å². The molecular weight excluding hydrogens is 348 g/mol. The third kappa shape index (κ3) is 3.24. The zero-order valence-electron chi connectivity index (χ0n) is 15.3. The van der Waals surface area contributed by atoms with Gasteiger partial charge in [-0.3, -0.25) is 9.59 Å². The van der Waals surface area contributed by atoms with E-state index in [-0.39, 0.29) is 11.3 Å². The minimum atomic E-state index is -0.357. The smallest absolute Gasteiger partial charge is 0.253 e. The summed E-state index contributed by atoms with van der Waals surface area (Å²) in [5.41, 5.74) is 0.256. The first-order valence-electron chi connectivity index (χ1n) is 9.95. The minimum absolute atomic E-state index is 0.00744. The first-order valence-corrected chi connectivity index (χ1v) is 10.3. The van der Waals surface area contributed by atoms with Crippen molar-refractivity contribution in [3.05, 3.63) is 34.9 Å². The van der Waals surface area contributed by atoms with E-state index in [0.717, 1.165) is 38.6 Å². The lowest BCUT2D eigenvalue weighted by Gasteiger charge is -2.44. The van der Waals surface area contributed by atoms with Gasteiger partial charge < -0.3 is 9.80 Å². The van der Waals surface area contributed by atoms with Crippen molar-refractivity contribution in [3.8, 4) is 0 Å². The molecule has 1 atom stereocenters. The summed E-state index contributed by atoms with van der Waals surface area (Å²) >= 11 is 6.03. The van der Waals surface area contributed by atoms with E-state index in [9.17, 15) is 9.59 Å². The Morgan fingerprint density at radius 1 is 1.08 bits per heavy atom. The van der Waals surface area contributed by atoms with Crippen molar-refractivity contribution in [2.24, 2.45) is 5.41 Å². The summed E-state index contributed by atoms with van der Waals surface area (Å²) in [4.78, 5) is 30.2. The summed E-state index contributed by atoms with van der Waals surface area (Å²) < 4.78 is 0. The minimum Gasteiger partial charge on any atom is -0.339 e. The van der Waals surface area contributed by atoms with Crippen LogP contribution in [0.1, 0.15) is 61.7 Å². The fourth-order valence-electron chi connectivity index (χ4n) is 5.07. The average molecular weight is 375 g/mol. The van der Waals surface area contributed by atoms with Crippen LogP contribution < -0.4 is 0 Å². The molecule has 0 unspecified atom stereocenters. The molecule has 1 aromatic carbocycles. The van der Waals surface area contributed by atoms with Crippen molar-refractivity contribution in [1.82, 2.24) is 9.80 Å². The average Bonchev–Trinajstić information content (AvgIpc) is 3.09. The van der Waals surface area contributed by atoms with Gasteiger partial charge in [0, 0.05) is 36.3 Å². The van der Waals surface area contributed by atoms with E-state index in [1.54, 1.807) is 24.3 Å². The molecule has 2 saturated heterocycles. The maximum Gasteiger partial charge on any atom is 0.253 e. The van der Waals surface area contributed by atoms with Crippen LogP contribution >= 0.6 is 11.6 Å². The van der Waals surface area contributed by atoms with Gasteiger partial charge in [0.2, 0.25) is 5.91 Å². The number of likely N-dealkylation sites (tertiary alicyclic amines) is 2. The Morgan fingerprint density at radius 2 is 1.88 bits per heavy atom. The largest absolute Gasteiger partial charge is 0.339 e. The highest BCUT2D eigenvalue weighted by Gasteiger charge is 2.50. The molecule has 3 aliphatic rings. The molecule has 5 heteroatoms. The first kappa shape index (κ1) is 17.8. The Balaban J connectivity index is 1.49. The highest BCUT2D eigenvalue weighted by molar-refractivity contribution is 6.30. The van der Waals surface area contributed by atoms with E-state index in [1.807, 2.05) is 4.90 Å². The maximum absolute atomic E-state index is 13.4. The lowest BCUT2D eigenvalue weighted by atomic mass is 9.77. The second-order valence-electron chi connectivity index (χ2n) is 8.16. The van der Waals surface area contributed by atoms with Crippen LogP contribution in [0.2, 0.25) is 5.02 Å². The van der Waals surface area contributed by atoms with Gasteiger partial charge in [-0.2, -0.15) is 0 Å². The number of benzene rings is 1. The molecule has 4 nitrogen and oxygen atoms in total. The van der Waals surface area contributed by atoms with E-state index in [4.69, 9.17) is 11.6 Å². The standard InChI is InChI=1S/C21H27ClN2O2/c22-17-7-4-6-16(14-17)19(25)23-13-11-21(15-23)10-5-12-24(20(21)26)18-8-2-1-3-9-18/h4,6-7,14,18H,1-3,5,8-13,15H2/t21-/m0/s1. The highest BCUT2D eigenvalue weighted by atomic mass is 35.5. The van der Waals surface area contributed by atoms with Crippen molar-refractivity contribution < 1.29 is 9.59 Å². The van der Waals surface area contributed by atoms with E-state index in [2.05, 4.69) is 4.90 Å². The van der Waals surface area contributed by atoms with Gasteiger partial charge in [-0.15, -0.1) is 0 Å². The highest BCUT2D eigenvalue weighted by Crippen LogP contribution is 2.42. The molecule has 2 aliphatic heterocycles. The molecule has 0 bridgehead atoms. The number of carbonyl (C=O) groups is 2.